The summed E-state index contributed by atoms with van der Waals surface area (Å²) in [5, 5.41) is 11.5. The first-order valence-corrected chi connectivity index (χ1v) is 10.3. The van der Waals surface area contributed by atoms with E-state index in [2.05, 4.69) is 0 Å². The van der Waals surface area contributed by atoms with Crippen molar-refractivity contribution >= 4 is 46.6 Å². The number of ether oxygens (including phenoxy) is 1. The minimum absolute atomic E-state index is 0.148. The number of hydrogen-bond acceptors (Lipinski definition) is 5. The molecule has 1 aliphatic rings. The van der Waals surface area contributed by atoms with E-state index in [9.17, 15) is 19.1 Å². The topological polar surface area (TPSA) is 70.1 Å². The van der Waals surface area contributed by atoms with Crippen LogP contribution in [0.25, 0.3) is 0 Å². The molecular formula is C22H22ClFN2O4S. The Morgan fingerprint density at radius 2 is 1.71 bits per heavy atom. The molecule has 1 N–H and O–H groups in total. The molecule has 1 heterocycles. The second-order valence-corrected chi connectivity index (χ2v) is 9.12. The van der Waals surface area contributed by atoms with Gasteiger partial charge in [-0.25, -0.2) is 14.1 Å². The molecule has 0 aromatic heterocycles. The monoisotopic (exact) mass is 464 g/mol. The number of nitrogens with zero attached hydrogens (tertiary/aromatic N) is 2. The van der Waals surface area contributed by atoms with Crippen molar-refractivity contribution in [1.29, 1.82) is 0 Å². The lowest BCUT2D eigenvalue weighted by Crippen LogP contribution is -2.55. The fourth-order valence-corrected chi connectivity index (χ4v) is 3.89. The van der Waals surface area contributed by atoms with Gasteiger partial charge in [0, 0.05) is 5.02 Å². The third-order valence-corrected chi connectivity index (χ3v) is 5.48. The Morgan fingerprint density at radius 1 is 1.16 bits per heavy atom. The molecule has 2 aromatic rings. The molecule has 3 rings (SSSR count). The predicted molar refractivity (Wildman–Crippen MR) is 119 cm³/mol. The summed E-state index contributed by atoms with van der Waals surface area (Å²) in [6.45, 7) is 6.43. The average Bonchev–Trinajstić information content (AvgIpc) is 2.88. The first kappa shape index (κ1) is 23.1. The first-order valence-electron chi connectivity index (χ1n) is 9.47. The van der Waals surface area contributed by atoms with Crippen LogP contribution in [-0.2, 0) is 9.53 Å². The van der Waals surface area contributed by atoms with E-state index in [1.807, 2.05) is 0 Å². The highest BCUT2D eigenvalue weighted by atomic mass is 35.5. The number of aliphatic hydroxyl groups is 1. The van der Waals surface area contributed by atoms with Gasteiger partial charge in [-0.2, -0.15) is 0 Å². The van der Waals surface area contributed by atoms with E-state index in [-0.39, 0.29) is 10.7 Å². The van der Waals surface area contributed by atoms with Crippen molar-refractivity contribution in [2.75, 3.05) is 4.90 Å². The lowest BCUT2D eigenvalue weighted by Gasteiger charge is -2.36. The van der Waals surface area contributed by atoms with Crippen molar-refractivity contribution < 1.29 is 23.8 Å². The molecule has 164 valence electrons. The van der Waals surface area contributed by atoms with Crippen molar-refractivity contribution in [3.8, 4) is 0 Å². The SMILES string of the molecule is CC(C)(C)OC(=O)N1C(=S)N(c2ccc(Cl)cc2)C(=O)[C@@]1(C)[C@@H](O)c1ccc(F)cc1. The van der Waals surface area contributed by atoms with Gasteiger partial charge >= 0.3 is 6.09 Å². The van der Waals surface area contributed by atoms with Crippen LogP contribution in [0.15, 0.2) is 48.5 Å². The van der Waals surface area contributed by atoms with E-state index in [0.29, 0.717) is 10.7 Å². The van der Waals surface area contributed by atoms with Crippen molar-refractivity contribution in [1.82, 2.24) is 4.90 Å². The molecule has 1 aliphatic heterocycles. The highest BCUT2D eigenvalue weighted by Crippen LogP contribution is 2.41. The zero-order chi connectivity index (χ0) is 23.1. The van der Waals surface area contributed by atoms with Gasteiger partial charge in [-0.15, -0.1) is 0 Å². The minimum Gasteiger partial charge on any atom is -0.443 e. The number of carbonyl (C=O) groups is 2. The number of thiocarbonyl (C=S) groups is 1. The molecule has 0 spiro atoms. The van der Waals surface area contributed by atoms with Gasteiger partial charge in [0.15, 0.2) is 10.7 Å². The zero-order valence-corrected chi connectivity index (χ0v) is 19.0. The quantitative estimate of drug-likeness (QED) is 0.658. The zero-order valence-electron chi connectivity index (χ0n) is 17.4. The third-order valence-electron chi connectivity index (χ3n) is 4.86. The van der Waals surface area contributed by atoms with Crippen LogP contribution in [0.2, 0.25) is 5.02 Å². The Bertz CT molecular complexity index is 1020. The molecule has 9 heteroatoms. The number of benzene rings is 2. The Balaban J connectivity index is 2.12. The van der Waals surface area contributed by atoms with E-state index in [0.717, 1.165) is 21.9 Å². The number of anilines is 1. The minimum atomic E-state index is -1.84. The van der Waals surface area contributed by atoms with Gasteiger partial charge in [-0.3, -0.25) is 9.69 Å². The van der Waals surface area contributed by atoms with Crippen LogP contribution in [0.5, 0.6) is 0 Å². The number of amides is 2. The smallest absolute Gasteiger partial charge is 0.417 e. The highest BCUT2D eigenvalue weighted by Gasteiger charge is 2.60. The van der Waals surface area contributed by atoms with Crippen LogP contribution in [0.3, 0.4) is 0 Å². The molecule has 2 amide bonds. The van der Waals surface area contributed by atoms with Crippen molar-refractivity contribution in [2.24, 2.45) is 0 Å². The maximum Gasteiger partial charge on any atom is 0.417 e. The van der Waals surface area contributed by atoms with Crippen LogP contribution < -0.4 is 4.90 Å². The molecule has 0 saturated carbocycles. The summed E-state index contributed by atoms with van der Waals surface area (Å²) >= 11 is 11.4. The van der Waals surface area contributed by atoms with Crippen molar-refractivity contribution in [2.45, 2.75) is 44.9 Å². The van der Waals surface area contributed by atoms with Gasteiger partial charge in [0.2, 0.25) is 0 Å². The summed E-state index contributed by atoms with van der Waals surface area (Å²) in [4.78, 5) is 28.8. The van der Waals surface area contributed by atoms with Gasteiger partial charge in [-0.05, 0) is 81.9 Å². The summed E-state index contributed by atoms with van der Waals surface area (Å²) < 4.78 is 18.9. The molecule has 0 aliphatic carbocycles. The molecule has 1 fully saturated rings. The third kappa shape index (κ3) is 4.28. The van der Waals surface area contributed by atoms with E-state index in [1.165, 1.54) is 19.1 Å². The summed E-state index contributed by atoms with van der Waals surface area (Å²) in [5.74, 6) is -1.14. The van der Waals surface area contributed by atoms with Gasteiger partial charge in [-0.1, -0.05) is 23.7 Å². The average molecular weight is 465 g/mol. The molecule has 2 aromatic carbocycles. The standard InChI is InChI=1S/C22H22ClFN2O4S/c1-21(2,3)30-20(29)26-19(31)25(16-11-7-14(23)8-12-16)18(28)22(26,4)17(27)13-5-9-15(24)10-6-13/h5-12,17,27H,1-4H3/t17-,22+/m0/s1. The summed E-state index contributed by atoms with van der Waals surface area (Å²) in [7, 11) is 0. The van der Waals surface area contributed by atoms with Gasteiger partial charge in [0.25, 0.3) is 5.91 Å². The maximum absolute atomic E-state index is 13.6. The molecule has 1 saturated heterocycles. The summed E-state index contributed by atoms with van der Waals surface area (Å²) in [6.07, 6.45) is -2.39. The lowest BCUT2D eigenvalue weighted by molar-refractivity contribution is -0.130. The van der Waals surface area contributed by atoms with Crippen LogP contribution in [0.1, 0.15) is 39.4 Å². The van der Waals surface area contributed by atoms with Crippen LogP contribution in [0.4, 0.5) is 14.9 Å². The van der Waals surface area contributed by atoms with E-state index >= 15 is 0 Å². The predicted octanol–water partition coefficient (Wildman–Crippen LogP) is 4.84. The molecule has 0 unspecified atom stereocenters. The van der Waals surface area contributed by atoms with Crippen LogP contribution in [-0.4, -0.2) is 38.3 Å². The van der Waals surface area contributed by atoms with Crippen LogP contribution in [0, 0.1) is 5.82 Å². The fraction of sp³-hybridized carbons (Fsp3) is 0.318. The second kappa shape index (κ2) is 8.18. The number of carbonyl (C=O) groups excluding carboxylic acids is 2. The Kier molecular flexibility index (Phi) is 6.10. The summed E-state index contributed by atoms with van der Waals surface area (Å²) in [6, 6.07) is 11.3. The number of halogens is 2. The van der Waals surface area contributed by atoms with Crippen LogP contribution >= 0.6 is 23.8 Å². The van der Waals surface area contributed by atoms with E-state index in [4.69, 9.17) is 28.6 Å². The molecule has 31 heavy (non-hydrogen) atoms. The van der Waals surface area contributed by atoms with Gasteiger partial charge in [0.05, 0.1) is 5.69 Å². The lowest BCUT2D eigenvalue weighted by atomic mass is 9.88. The molecule has 2 atom stereocenters. The largest absolute Gasteiger partial charge is 0.443 e. The Hall–Kier alpha value is -2.55. The van der Waals surface area contributed by atoms with Crippen molar-refractivity contribution in [3.05, 3.63) is 64.9 Å². The molecule has 6 nitrogen and oxygen atoms in total. The molecule has 0 bridgehead atoms. The second-order valence-electron chi connectivity index (χ2n) is 8.32. The molecule has 0 radical (unpaired) electrons. The Labute approximate surface area is 190 Å². The van der Waals surface area contributed by atoms with Gasteiger partial charge < -0.3 is 9.84 Å². The number of hydrogen-bond donors (Lipinski definition) is 1. The van der Waals surface area contributed by atoms with Gasteiger partial charge in [0.1, 0.15) is 17.5 Å². The fourth-order valence-electron chi connectivity index (χ4n) is 3.31. The normalized spacial score (nSPS) is 20.2. The first-order chi connectivity index (χ1) is 14.4. The van der Waals surface area contributed by atoms with Crippen molar-refractivity contribution in [3.63, 3.8) is 0 Å². The maximum atomic E-state index is 13.6. The summed E-state index contributed by atoms with van der Waals surface area (Å²) in [5.41, 5.74) is -2.09. The van der Waals surface area contributed by atoms with E-state index < -0.39 is 35.1 Å². The number of rotatable bonds is 3. The molecular weight excluding hydrogens is 443 g/mol. The Morgan fingerprint density at radius 3 is 2.23 bits per heavy atom. The highest BCUT2D eigenvalue weighted by molar-refractivity contribution is 7.80. The van der Waals surface area contributed by atoms with E-state index in [1.54, 1.807) is 45.0 Å². The number of aliphatic hydroxyl groups excluding tert-OH is 1.